The van der Waals surface area contributed by atoms with E-state index in [-0.39, 0.29) is 36.8 Å². The summed E-state index contributed by atoms with van der Waals surface area (Å²) in [6.07, 6.45) is -1.21. The summed E-state index contributed by atoms with van der Waals surface area (Å²) >= 11 is 0. The van der Waals surface area contributed by atoms with Crippen molar-refractivity contribution in [3.8, 4) is 0 Å². The number of rotatable bonds is 5. The van der Waals surface area contributed by atoms with Crippen LogP contribution in [0.4, 0.5) is 5.69 Å². The number of non-ortho nitro benzene ring substituents is 1. The van der Waals surface area contributed by atoms with E-state index in [0.717, 1.165) is 12.1 Å². The van der Waals surface area contributed by atoms with Crippen LogP contribution in [0.5, 0.6) is 0 Å². The predicted molar refractivity (Wildman–Crippen MR) is 102 cm³/mol. The molecule has 0 unspecified atom stereocenters. The molecule has 166 valence electrons. The van der Waals surface area contributed by atoms with Crippen LogP contribution in [0.25, 0.3) is 0 Å². The van der Waals surface area contributed by atoms with Crippen molar-refractivity contribution in [3.63, 3.8) is 0 Å². The number of hydrogen-bond donors (Lipinski definition) is 1. The zero-order valence-electron chi connectivity index (χ0n) is 16.4. The maximum atomic E-state index is 13.3. The van der Waals surface area contributed by atoms with Crippen LogP contribution in [-0.2, 0) is 29.0 Å². The second kappa shape index (κ2) is 9.35. The molecule has 1 aromatic rings. The van der Waals surface area contributed by atoms with Crippen molar-refractivity contribution < 1.29 is 37.5 Å². The minimum atomic E-state index is -4.07. The molecule has 0 bridgehead atoms. The Bertz CT molecular complexity index is 874. The number of benzene rings is 1. The number of aliphatic hydroxyl groups is 1. The number of aliphatic hydroxyl groups excluding tert-OH is 1. The molecular weight excluding hydrogens is 420 g/mol. The molecule has 0 saturated carbocycles. The van der Waals surface area contributed by atoms with Crippen LogP contribution in [0.15, 0.2) is 29.2 Å². The topological polar surface area (TPSA) is 146 Å². The van der Waals surface area contributed by atoms with E-state index in [2.05, 4.69) is 4.74 Å². The monoisotopic (exact) mass is 444 g/mol. The van der Waals surface area contributed by atoms with Crippen LogP contribution in [0.3, 0.4) is 0 Å². The lowest BCUT2D eigenvalue weighted by Crippen LogP contribution is -2.57. The molecule has 0 amide bonds. The minimum absolute atomic E-state index is 0.0530. The quantitative estimate of drug-likeness (QED) is 0.389. The van der Waals surface area contributed by atoms with Crippen LogP contribution in [0, 0.1) is 10.1 Å². The summed E-state index contributed by atoms with van der Waals surface area (Å²) in [5, 5.41) is 21.0. The van der Waals surface area contributed by atoms with Gasteiger partial charge in [0, 0.05) is 18.7 Å². The standard InChI is InChI=1S/C18H24N2O9S/c1-27-18(22)8-14-4-7-16-17(29-14)11-28-10-13(21)9-19(16)30(25,26)15-5-2-12(3-6-15)20(23)24/h2-3,5-6,13-14,16-17,21H,4,7-11H2,1H3/t13-,14-,16+,17-/m1/s1. The minimum Gasteiger partial charge on any atom is -0.469 e. The Morgan fingerprint density at radius 1 is 1.30 bits per heavy atom. The third-order valence-electron chi connectivity index (χ3n) is 5.21. The highest BCUT2D eigenvalue weighted by molar-refractivity contribution is 7.89. The van der Waals surface area contributed by atoms with Gasteiger partial charge < -0.3 is 19.3 Å². The van der Waals surface area contributed by atoms with Gasteiger partial charge in [0.25, 0.3) is 5.69 Å². The fourth-order valence-electron chi connectivity index (χ4n) is 3.72. The second-order valence-corrected chi connectivity index (χ2v) is 9.13. The van der Waals surface area contributed by atoms with Crippen molar-refractivity contribution in [2.45, 2.75) is 48.5 Å². The fourth-order valence-corrected chi connectivity index (χ4v) is 5.43. The molecule has 2 aliphatic heterocycles. The van der Waals surface area contributed by atoms with E-state index in [1.165, 1.54) is 23.5 Å². The molecule has 3 rings (SSSR count). The van der Waals surface area contributed by atoms with Crippen LogP contribution in [0.1, 0.15) is 19.3 Å². The molecule has 12 heteroatoms. The summed E-state index contributed by atoms with van der Waals surface area (Å²) in [7, 11) is -2.78. The van der Waals surface area contributed by atoms with E-state index in [0.29, 0.717) is 12.8 Å². The zero-order chi connectivity index (χ0) is 21.9. The number of fused-ring (bicyclic) bond motifs is 1. The molecule has 2 saturated heterocycles. The van der Waals surface area contributed by atoms with E-state index in [4.69, 9.17) is 9.47 Å². The number of hydrogen-bond acceptors (Lipinski definition) is 9. The SMILES string of the molecule is COC(=O)C[C@H]1CC[C@H]2[C@@H](COC[C@H](O)CN2S(=O)(=O)c2ccc([N+](=O)[O-])cc2)O1. The van der Waals surface area contributed by atoms with Gasteiger partial charge in [0.15, 0.2) is 0 Å². The number of carbonyl (C=O) groups is 1. The number of methoxy groups -OCH3 is 1. The van der Waals surface area contributed by atoms with Crippen molar-refractivity contribution in [3.05, 3.63) is 34.4 Å². The van der Waals surface area contributed by atoms with Crippen LogP contribution < -0.4 is 0 Å². The average molecular weight is 444 g/mol. The fraction of sp³-hybridized carbons (Fsp3) is 0.611. The number of carbonyl (C=O) groups excluding carboxylic acids is 1. The van der Waals surface area contributed by atoms with Gasteiger partial charge in [-0.15, -0.1) is 0 Å². The Labute approximate surface area is 173 Å². The van der Waals surface area contributed by atoms with Crippen LogP contribution >= 0.6 is 0 Å². The number of nitro benzene ring substituents is 1. The van der Waals surface area contributed by atoms with Crippen molar-refractivity contribution in [1.29, 1.82) is 0 Å². The molecule has 11 nitrogen and oxygen atoms in total. The predicted octanol–water partition coefficient (Wildman–Crippen LogP) is 0.456. The molecule has 1 aromatic carbocycles. The number of ether oxygens (including phenoxy) is 3. The van der Waals surface area contributed by atoms with E-state index >= 15 is 0 Å². The molecule has 0 radical (unpaired) electrons. The molecule has 30 heavy (non-hydrogen) atoms. The van der Waals surface area contributed by atoms with Gasteiger partial charge in [-0.1, -0.05) is 0 Å². The number of esters is 1. The van der Waals surface area contributed by atoms with Gasteiger partial charge in [0.05, 0.1) is 60.9 Å². The van der Waals surface area contributed by atoms with Gasteiger partial charge in [0.2, 0.25) is 10.0 Å². The molecule has 2 heterocycles. The molecule has 0 aromatic heterocycles. The normalized spacial score (nSPS) is 28.1. The summed E-state index contributed by atoms with van der Waals surface area (Å²) in [6, 6.07) is 3.98. The highest BCUT2D eigenvalue weighted by Gasteiger charge is 2.43. The van der Waals surface area contributed by atoms with Gasteiger partial charge in [-0.3, -0.25) is 14.9 Å². The van der Waals surface area contributed by atoms with Crippen LogP contribution in [-0.4, -0.2) is 79.9 Å². The van der Waals surface area contributed by atoms with Crippen LogP contribution in [0.2, 0.25) is 0 Å². The van der Waals surface area contributed by atoms with Gasteiger partial charge in [-0.2, -0.15) is 4.31 Å². The summed E-state index contributed by atoms with van der Waals surface area (Å²) in [5.41, 5.74) is -0.223. The number of nitrogens with zero attached hydrogens (tertiary/aromatic N) is 2. The molecule has 1 N–H and O–H groups in total. The molecule has 4 atom stereocenters. The Morgan fingerprint density at radius 3 is 2.63 bits per heavy atom. The van der Waals surface area contributed by atoms with E-state index in [1.54, 1.807) is 0 Å². The summed E-state index contributed by atoms with van der Waals surface area (Å²) in [5.74, 6) is -0.420. The number of β-amino-alcohol motifs (C(OH)–C–C–N with tert-alkyl or cyclic N) is 1. The lowest BCUT2D eigenvalue weighted by Gasteiger charge is -2.43. The average Bonchev–Trinajstić information content (AvgIpc) is 2.71. The first-order valence-corrected chi connectivity index (χ1v) is 10.9. The Kier molecular flexibility index (Phi) is 7.03. The molecular formula is C18H24N2O9S. The first-order valence-electron chi connectivity index (χ1n) is 9.46. The highest BCUT2D eigenvalue weighted by atomic mass is 32.2. The van der Waals surface area contributed by atoms with E-state index in [1.807, 2.05) is 0 Å². The Morgan fingerprint density at radius 2 is 2.00 bits per heavy atom. The Hall–Kier alpha value is -2.12. The summed E-state index contributed by atoms with van der Waals surface area (Å²) in [6.45, 7) is -0.211. The first kappa shape index (κ1) is 22.6. The van der Waals surface area contributed by atoms with Crippen molar-refractivity contribution in [2.24, 2.45) is 0 Å². The molecule has 0 aliphatic carbocycles. The Balaban J connectivity index is 1.86. The maximum Gasteiger partial charge on any atom is 0.308 e. The smallest absolute Gasteiger partial charge is 0.308 e. The number of nitro groups is 1. The first-order chi connectivity index (χ1) is 14.2. The molecule has 0 spiro atoms. The van der Waals surface area contributed by atoms with E-state index in [9.17, 15) is 28.4 Å². The summed E-state index contributed by atoms with van der Waals surface area (Å²) in [4.78, 5) is 21.7. The zero-order valence-corrected chi connectivity index (χ0v) is 17.2. The lowest BCUT2D eigenvalue weighted by molar-refractivity contribution is -0.384. The third-order valence-corrected chi connectivity index (χ3v) is 7.12. The lowest BCUT2D eigenvalue weighted by atomic mass is 9.96. The maximum absolute atomic E-state index is 13.3. The molecule has 2 fully saturated rings. The molecule has 2 aliphatic rings. The van der Waals surface area contributed by atoms with Gasteiger partial charge in [-0.25, -0.2) is 8.42 Å². The van der Waals surface area contributed by atoms with E-state index < -0.39 is 45.3 Å². The van der Waals surface area contributed by atoms with Gasteiger partial charge in [-0.05, 0) is 25.0 Å². The van der Waals surface area contributed by atoms with Crippen molar-refractivity contribution in [2.75, 3.05) is 26.9 Å². The largest absolute Gasteiger partial charge is 0.469 e. The highest BCUT2D eigenvalue weighted by Crippen LogP contribution is 2.32. The summed E-state index contributed by atoms with van der Waals surface area (Å²) < 4.78 is 43.9. The third kappa shape index (κ3) is 4.95. The van der Waals surface area contributed by atoms with Crippen molar-refractivity contribution in [1.82, 2.24) is 4.31 Å². The van der Waals surface area contributed by atoms with Gasteiger partial charge in [0.1, 0.15) is 0 Å². The second-order valence-electron chi connectivity index (χ2n) is 7.24. The van der Waals surface area contributed by atoms with Crippen molar-refractivity contribution >= 4 is 21.7 Å². The number of sulfonamides is 1. The van der Waals surface area contributed by atoms with Gasteiger partial charge >= 0.3 is 5.97 Å².